The molecule has 1 heterocycles. The molecular weight excluding hydrogens is 319 g/mol. The van der Waals surface area contributed by atoms with Gasteiger partial charge in [0.15, 0.2) is 0 Å². The molecule has 0 spiro atoms. The SMILES string of the molecule is COc1ccc(Cc2cc(NCl)nc3ccccc23)cc1Cl. The number of methoxy groups -OCH3 is 1. The molecule has 0 aliphatic carbocycles. The van der Waals surface area contributed by atoms with Crippen LogP contribution >= 0.6 is 23.4 Å². The summed E-state index contributed by atoms with van der Waals surface area (Å²) >= 11 is 11.9. The molecule has 3 nitrogen and oxygen atoms in total. The highest BCUT2D eigenvalue weighted by Crippen LogP contribution is 2.28. The van der Waals surface area contributed by atoms with E-state index in [2.05, 4.69) is 15.9 Å². The van der Waals surface area contributed by atoms with Crippen LogP contribution in [0.15, 0.2) is 48.5 Å². The summed E-state index contributed by atoms with van der Waals surface area (Å²) in [5.74, 6) is 1.31. The average molecular weight is 333 g/mol. The van der Waals surface area contributed by atoms with Crippen molar-refractivity contribution in [2.45, 2.75) is 6.42 Å². The van der Waals surface area contributed by atoms with Crippen LogP contribution in [-0.4, -0.2) is 12.1 Å². The van der Waals surface area contributed by atoms with Crippen molar-refractivity contribution < 1.29 is 4.74 Å². The number of para-hydroxylation sites is 1. The van der Waals surface area contributed by atoms with Crippen molar-refractivity contribution in [2.24, 2.45) is 0 Å². The zero-order chi connectivity index (χ0) is 15.5. The normalized spacial score (nSPS) is 10.7. The van der Waals surface area contributed by atoms with E-state index in [4.69, 9.17) is 28.1 Å². The van der Waals surface area contributed by atoms with E-state index in [1.54, 1.807) is 7.11 Å². The van der Waals surface area contributed by atoms with Gasteiger partial charge in [-0.1, -0.05) is 35.9 Å². The number of pyridine rings is 1. The number of rotatable bonds is 4. The first-order valence-electron chi connectivity index (χ1n) is 6.79. The predicted octanol–water partition coefficient (Wildman–Crippen LogP) is 5.05. The highest BCUT2D eigenvalue weighted by atomic mass is 35.5. The van der Waals surface area contributed by atoms with Gasteiger partial charge in [-0.15, -0.1) is 0 Å². The largest absolute Gasteiger partial charge is 0.495 e. The molecule has 3 aromatic rings. The smallest absolute Gasteiger partial charge is 0.141 e. The molecule has 0 radical (unpaired) electrons. The first kappa shape index (κ1) is 14.9. The van der Waals surface area contributed by atoms with Crippen molar-refractivity contribution in [1.82, 2.24) is 4.98 Å². The standard InChI is InChI=1S/C17H14Cl2N2O/c1-22-16-7-6-11(9-14(16)18)8-12-10-17(21-19)20-15-5-3-2-4-13(12)15/h2-7,9-10H,8H2,1H3,(H,20,21). The van der Waals surface area contributed by atoms with Crippen LogP contribution in [0.3, 0.4) is 0 Å². The third kappa shape index (κ3) is 2.96. The molecule has 0 saturated carbocycles. The van der Waals surface area contributed by atoms with Crippen molar-refractivity contribution >= 4 is 40.1 Å². The third-order valence-electron chi connectivity index (χ3n) is 3.51. The molecule has 0 bridgehead atoms. The van der Waals surface area contributed by atoms with Gasteiger partial charge in [0.25, 0.3) is 0 Å². The number of anilines is 1. The van der Waals surface area contributed by atoms with Gasteiger partial charge < -0.3 is 4.74 Å². The second kappa shape index (κ2) is 6.42. The maximum atomic E-state index is 6.20. The number of fused-ring (bicyclic) bond motifs is 1. The van der Waals surface area contributed by atoms with E-state index >= 15 is 0 Å². The van der Waals surface area contributed by atoms with Crippen molar-refractivity contribution in [3.8, 4) is 5.75 Å². The number of ether oxygens (including phenoxy) is 1. The van der Waals surface area contributed by atoms with Crippen LogP contribution in [0.4, 0.5) is 5.82 Å². The minimum Gasteiger partial charge on any atom is -0.495 e. The average Bonchev–Trinajstić information content (AvgIpc) is 2.55. The van der Waals surface area contributed by atoms with Gasteiger partial charge in [0.05, 0.1) is 17.6 Å². The van der Waals surface area contributed by atoms with Gasteiger partial charge in [-0.3, -0.25) is 4.84 Å². The van der Waals surface area contributed by atoms with Gasteiger partial charge in [-0.05, 0) is 41.8 Å². The number of hydrogen-bond acceptors (Lipinski definition) is 3. The Morgan fingerprint density at radius 2 is 1.95 bits per heavy atom. The molecule has 1 aromatic heterocycles. The van der Waals surface area contributed by atoms with E-state index < -0.39 is 0 Å². The lowest BCUT2D eigenvalue weighted by Crippen LogP contribution is -1.95. The number of aromatic nitrogens is 1. The van der Waals surface area contributed by atoms with Crippen LogP contribution in [0.5, 0.6) is 5.75 Å². The van der Waals surface area contributed by atoms with Gasteiger partial charge in [0.1, 0.15) is 11.6 Å². The molecule has 0 fully saturated rings. The van der Waals surface area contributed by atoms with Crippen LogP contribution < -0.4 is 9.57 Å². The van der Waals surface area contributed by atoms with E-state index in [9.17, 15) is 0 Å². The van der Waals surface area contributed by atoms with Crippen molar-refractivity contribution in [3.05, 3.63) is 64.7 Å². The highest BCUT2D eigenvalue weighted by molar-refractivity contribution is 6.32. The summed E-state index contributed by atoms with van der Waals surface area (Å²) in [5.41, 5.74) is 3.14. The Kier molecular flexibility index (Phi) is 4.36. The summed E-state index contributed by atoms with van der Waals surface area (Å²) in [5, 5.41) is 1.71. The first-order chi connectivity index (χ1) is 10.7. The van der Waals surface area contributed by atoms with Gasteiger partial charge in [-0.2, -0.15) is 0 Å². The van der Waals surface area contributed by atoms with Gasteiger partial charge in [-0.25, -0.2) is 4.98 Å². The lowest BCUT2D eigenvalue weighted by Gasteiger charge is -2.10. The number of nitrogens with zero attached hydrogens (tertiary/aromatic N) is 1. The maximum absolute atomic E-state index is 6.20. The molecule has 2 aromatic carbocycles. The molecule has 0 atom stereocenters. The van der Waals surface area contributed by atoms with E-state index in [0.29, 0.717) is 16.6 Å². The monoisotopic (exact) mass is 332 g/mol. The molecule has 1 N–H and O–H groups in total. The Balaban J connectivity index is 2.04. The minimum absolute atomic E-state index is 0.606. The molecule has 22 heavy (non-hydrogen) atoms. The van der Waals surface area contributed by atoms with E-state index in [1.807, 2.05) is 42.5 Å². The highest BCUT2D eigenvalue weighted by Gasteiger charge is 2.08. The molecule has 0 saturated heterocycles. The molecule has 3 rings (SSSR count). The zero-order valence-corrected chi connectivity index (χ0v) is 13.4. The Labute approximate surface area is 139 Å². The number of nitrogens with one attached hydrogen (secondary N) is 1. The van der Waals surface area contributed by atoms with Crippen molar-refractivity contribution in [3.63, 3.8) is 0 Å². The molecule has 112 valence electrons. The molecule has 0 aliphatic rings. The van der Waals surface area contributed by atoms with E-state index in [0.717, 1.165) is 28.5 Å². The topological polar surface area (TPSA) is 34.1 Å². The Morgan fingerprint density at radius 3 is 2.68 bits per heavy atom. The van der Waals surface area contributed by atoms with E-state index in [1.165, 1.54) is 0 Å². The van der Waals surface area contributed by atoms with Gasteiger partial charge >= 0.3 is 0 Å². The fraction of sp³-hybridized carbons (Fsp3) is 0.118. The number of hydrogen-bond donors (Lipinski definition) is 1. The van der Waals surface area contributed by atoms with Crippen LogP contribution in [-0.2, 0) is 6.42 Å². The molecule has 0 aliphatic heterocycles. The zero-order valence-electron chi connectivity index (χ0n) is 11.9. The van der Waals surface area contributed by atoms with Crippen molar-refractivity contribution in [2.75, 3.05) is 11.9 Å². The number of halogens is 2. The Bertz CT molecular complexity index is 821. The van der Waals surface area contributed by atoms with E-state index in [-0.39, 0.29) is 0 Å². The summed E-state index contributed by atoms with van der Waals surface area (Å²) < 4.78 is 5.19. The van der Waals surface area contributed by atoms with Crippen LogP contribution in [0.25, 0.3) is 10.9 Å². The Hall–Kier alpha value is -1.97. The van der Waals surface area contributed by atoms with Crippen LogP contribution in [0.1, 0.15) is 11.1 Å². The second-order valence-electron chi connectivity index (χ2n) is 4.92. The lowest BCUT2D eigenvalue weighted by atomic mass is 10.0. The fourth-order valence-electron chi connectivity index (χ4n) is 2.48. The maximum Gasteiger partial charge on any atom is 0.141 e. The second-order valence-corrected chi connectivity index (χ2v) is 5.52. The summed E-state index contributed by atoms with van der Waals surface area (Å²) in [4.78, 5) is 7.04. The third-order valence-corrected chi connectivity index (χ3v) is 4.00. The van der Waals surface area contributed by atoms with Crippen LogP contribution in [0, 0.1) is 0 Å². The summed E-state index contributed by atoms with van der Waals surface area (Å²) in [6, 6.07) is 15.7. The molecule has 0 unspecified atom stereocenters. The fourth-order valence-corrected chi connectivity index (χ4v) is 2.86. The molecule has 5 heteroatoms. The molecular formula is C17H14Cl2N2O. The van der Waals surface area contributed by atoms with Gasteiger partial charge in [0, 0.05) is 17.2 Å². The quantitative estimate of drug-likeness (QED) is 0.678. The Morgan fingerprint density at radius 1 is 1.14 bits per heavy atom. The summed E-state index contributed by atoms with van der Waals surface area (Å²) in [7, 11) is 1.61. The van der Waals surface area contributed by atoms with Gasteiger partial charge in [0.2, 0.25) is 0 Å². The number of benzene rings is 2. The summed E-state index contributed by atoms with van der Waals surface area (Å²) in [6.07, 6.45) is 0.734. The first-order valence-corrected chi connectivity index (χ1v) is 7.54. The lowest BCUT2D eigenvalue weighted by molar-refractivity contribution is 0.415. The van der Waals surface area contributed by atoms with Crippen LogP contribution in [0.2, 0.25) is 5.02 Å². The molecule has 0 amide bonds. The summed E-state index contributed by atoms with van der Waals surface area (Å²) in [6.45, 7) is 0. The van der Waals surface area contributed by atoms with Crippen molar-refractivity contribution in [1.29, 1.82) is 0 Å². The predicted molar refractivity (Wildman–Crippen MR) is 92.0 cm³/mol. The minimum atomic E-state index is 0.606.